The SMILES string of the molecule is CC=C(CC=CCC)C(C)C=CC(C)C. The minimum atomic E-state index is 0.568. The van der Waals surface area contributed by atoms with E-state index in [1.54, 1.807) is 0 Å². The molecule has 1 atom stereocenters. The fraction of sp³-hybridized carbons (Fsp3) is 0.600. The molecule has 0 rings (SSSR count). The van der Waals surface area contributed by atoms with Gasteiger partial charge in [0.25, 0.3) is 0 Å². The summed E-state index contributed by atoms with van der Waals surface area (Å²) >= 11 is 0. The topological polar surface area (TPSA) is 0 Å². The third-order valence-electron chi connectivity index (χ3n) is 2.50. The Morgan fingerprint density at radius 1 is 1.07 bits per heavy atom. The third kappa shape index (κ3) is 7.18. The lowest BCUT2D eigenvalue weighted by molar-refractivity contribution is 0.782. The second kappa shape index (κ2) is 8.52. The van der Waals surface area contributed by atoms with Gasteiger partial charge in [-0.05, 0) is 31.6 Å². The van der Waals surface area contributed by atoms with E-state index < -0.39 is 0 Å². The van der Waals surface area contributed by atoms with Gasteiger partial charge in [-0.1, -0.05) is 63.6 Å². The van der Waals surface area contributed by atoms with E-state index in [2.05, 4.69) is 65.0 Å². The van der Waals surface area contributed by atoms with Crippen molar-refractivity contribution in [2.24, 2.45) is 11.8 Å². The number of hydrogen-bond donors (Lipinski definition) is 0. The molecule has 0 saturated carbocycles. The second-order valence-electron chi connectivity index (χ2n) is 4.36. The number of rotatable bonds is 6. The fourth-order valence-corrected chi connectivity index (χ4v) is 1.47. The van der Waals surface area contributed by atoms with Crippen molar-refractivity contribution in [3.05, 3.63) is 36.0 Å². The summed E-state index contributed by atoms with van der Waals surface area (Å²) in [5, 5.41) is 0. The molecule has 0 fully saturated rings. The first-order chi connectivity index (χ1) is 7.11. The Balaban J connectivity index is 4.23. The van der Waals surface area contributed by atoms with Gasteiger partial charge in [0.05, 0.1) is 0 Å². The van der Waals surface area contributed by atoms with E-state index >= 15 is 0 Å². The van der Waals surface area contributed by atoms with Crippen molar-refractivity contribution in [3.8, 4) is 0 Å². The Morgan fingerprint density at radius 2 is 1.73 bits per heavy atom. The molecule has 0 heteroatoms. The first-order valence-corrected chi connectivity index (χ1v) is 6.10. The molecule has 0 nitrogen and oxygen atoms in total. The molecule has 86 valence electrons. The largest absolute Gasteiger partial charge is 0.0885 e. The van der Waals surface area contributed by atoms with Crippen LogP contribution in [0.25, 0.3) is 0 Å². The zero-order chi connectivity index (χ0) is 11.7. The average molecular weight is 206 g/mol. The molecule has 15 heavy (non-hydrogen) atoms. The summed E-state index contributed by atoms with van der Waals surface area (Å²) in [5.74, 6) is 1.22. The van der Waals surface area contributed by atoms with Crippen LogP contribution >= 0.6 is 0 Å². The lowest BCUT2D eigenvalue weighted by atomic mass is 9.96. The summed E-state index contributed by atoms with van der Waals surface area (Å²) in [6.45, 7) is 11.0. The van der Waals surface area contributed by atoms with E-state index in [1.165, 1.54) is 5.57 Å². The maximum absolute atomic E-state index is 2.32. The molecular weight excluding hydrogens is 180 g/mol. The molecule has 0 aliphatic rings. The van der Waals surface area contributed by atoms with Crippen LogP contribution in [0.15, 0.2) is 36.0 Å². The van der Waals surface area contributed by atoms with E-state index in [0.717, 1.165) is 12.8 Å². The molecule has 0 heterocycles. The molecule has 0 aromatic heterocycles. The van der Waals surface area contributed by atoms with Crippen molar-refractivity contribution in [3.63, 3.8) is 0 Å². The van der Waals surface area contributed by atoms with Gasteiger partial charge in [0, 0.05) is 0 Å². The Kier molecular flexibility index (Phi) is 8.08. The van der Waals surface area contributed by atoms with Gasteiger partial charge in [-0.2, -0.15) is 0 Å². The normalized spacial score (nSPS) is 15.7. The first-order valence-electron chi connectivity index (χ1n) is 6.10. The molecular formula is C15H26. The van der Waals surface area contributed by atoms with Crippen LogP contribution in [0.4, 0.5) is 0 Å². The van der Waals surface area contributed by atoms with Gasteiger partial charge in [-0.3, -0.25) is 0 Å². The first kappa shape index (κ1) is 14.2. The zero-order valence-electron chi connectivity index (χ0n) is 11.0. The number of hydrogen-bond acceptors (Lipinski definition) is 0. The van der Waals surface area contributed by atoms with Crippen molar-refractivity contribution in [1.29, 1.82) is 0 Å². The van der Waals surface area contributed by atoms with Crippen LogP contribution in [0.2, 0.25) is 0 Å². The second-order valence-corrected chi connectivity index (χ2v) is 4.36. The van der Waals surface area contributed by atoms with Crippen molar-refractivity contribution in [1.82, 2.24) is 0 Å². The molecule has 0 aliphatic carbocycles. The van der Waals surface area contributed by atoms with E-state index in [0.29, 0.717) is 11.8 Å². The average Bonchev–Trinajstić information content (AvgIpc) is 2.21. The summed E-state index contributed by atoms with van der Waals surface area (Å²) in [6.07, 6.45) is 13.6. The molecule has 0 N–H and O–H groups in total. The van der Waals surface area contributed by atoms with Crippen molar-refractivity contribution in [2.45, 2.75) is 47.5 Å². The quantitative estimate of drug-likeness (QED) is 0.528. The minimum absolute atomic E-state index is 0.568. The van der Waals surface area contributed by atoms with Crippen LogP contribution < -0.4 is 0 Å². The predicted octanol–water partition coefficient (Wildman–Crippen LogP) is 5.14. The molecule has 0 aromatic rings. The van der Waals surface area contributed by atoms with Gasteiger partial charge in [0.1, 0.15) is 0 Å². The van der Waals surface area contributed by atoms with E-state index in [1.807, 2.05) is 0 Å². The van der Waals surface area contributed by atoms with Gasteiger partial charge < -0.3 is 0 Å². The molecule has 0 saturated heterocycles. The Morgan fingerprint density at radius 3 is 2.20 bits per heavy atom. The van der Waals surface area contributed by atoms with Crippen LogP contribution in [-0.4, -0.2) is 0 Å². The molecule has 0 amide bonds. The molecule has 1 unspecified atom stereocenters. The lowest BCUT2D eigenvalue weighted by Gasteiger charge is -2.10. The van der Waals surface area contributed by atoms with Gasteiger partial charge in [0.15, 0.2) is 0 Å². The van der Waals surface area contributed by atoms with Gasteiger partial charge in [0.2, 0.25) is 0 Å². The maximum atomic E-state index is 2.32. The Hall–Kier alpha value is -0.780. The molecule has 0 radical (unpaired) electrons. The third-order valence-corrected chi connectivity index (χ3v) is 2.50. The standard InChI is InChI=1S/C15H26/c1-6-8-9-10-15(7-2)14(5)12-11-13(3)4/h7-9,11-14H,6,10H2,1-5H3. The summed E-state index contributed by atoms with van der Waals surface area (Å²) in [7, 11) is 0. The number of allylic oxidation sites excluding steroid dienone is 6. The Bertz CT molecular complexity index is 228. The Labute approximate surface area is 95.8 Å². The maximum Gasteiger partial charge on any atom is -0.00486 e. The zero-order valence-corrected chi connectivity index (χ0v) is 11.0. The lowest BCUT2D eigenvalue weighted by Crippen LogP contribution is -1.95. The van der Waals surface area contributed by atoms with Crippen LogP contribution in [0.5, 0.6) is 0 Å². The predicted molar refractivity (Wildman–Crippen MR) is 70.9 cm³/mol. The highest BCUT2D eigenvalue weighted by Gasteiger charge is 2.02. The van der Waals surface area contributed by atoms with Crippen LogP contribution in [0.1, 0.15) is 47.5 Å². The van der Waals surface area contributed by atoms with Crippen molar-refractivity contribution < 1.29 is 0 Å². The highest BCUT2D eigenvalue weighted by atomic mass is 14.1. The molecule has 0 aromatic carbocycles. The van der Waals surface area contributed by atoms with Crippen LogP contribution in [-0.2, 0) is 0 Å². The summed E-state index contributed by atoms with van der Waals surface area (Å²) in [4.78, 5) is 0. The van der Waals surface area contributed by atoms with E-state index in [9.17, 15) is 0 Å². The highest BCUT2D eigenvalue weighted by molar-refractivity contribution is 5.15. The van der Waals surface area contributed by atoms with E-state index in [4.69, 9.17) is 0 Å². The van der Waals surface area contributed by atoms with Crippen LogP contribution in [0.3, 0.4) is 0 Å². The minimum Gasteiger partial charge on any atom is -0.0885 e. The fourth-order valence-electron chi connectivity index (χ4n) is 1.47. The summed E-state index contributed by atoms with van der Waals surface area (Å²) < 4.78 is 0. The smallest absolute Gasteiger partial charge is 0.00486 e. The van der Waals surface area contributed by atoms with Crippen molar-refractivity contribution >= 4 is 0 Å². The van der Waals surface area contributed by atoms with Gasteiger partial charge in [-0.15, -0.1) is 0 Å². The van der Waals surface area contributed by atoms with Gasteiger partial charge >= 0.3 is 0 Å². The summed E-state index contributed by atoms with van der Waals surface area (Å²) in [6, 6.07) is 0. The molecule has 0 spiro atoms. The summed E-state index contributed by atoms with van der Waals surface area (Å²) in [5.41, 5.74) is 1.51. The monoisotopic (exact) mass is 206 g/mol. The molecule has 0 bridgehead atoms. The highest BCUT2D eigenvalue weighted by Crippen LogP contribution is 2.17. The van der Waals surface area contributed by atoms with Gasteiger partial charge in [-0.25, -0.2) is 0 Å². The van der Waals surface area contributed by atoms with E-state index in [-0.39, 0.29) is 0 Å². The van der Waals surface area contributed by atoms with Crippen molar-refractivity contribution in [2.75, 3.05) is 0 Å². The molecule has 0 aliphatic heterocycles. The van der Waals surface area contributed by atoms with Crippen LogP contribution in [0, 0.1) is 11.8 Å².